The number of ether oxygens (including phenoxy) is 1. The van der Waals surface area contributed by atoms with Crippen LogP contribution in [0.3, 0.4) is 0 Å². The summed E-state index contributed by atoms with van der Waals surface area (Å²) in [6.45, 7) is 3.62. The van der Waals surface area contributed by atoms with Crippen LogP contribution in [-0.4, -0.2) is 33.7 Å². The summed E-state index contributed by atoms with van der Waals surface area (Å²) in [4.78, 5) is 25.3. The van der Waals surface area contributed by atoms with Gasteiger partial charge in [-0.15, -0.1) is 11.3 Å². The van der Waals surface area contributed by atoms with Crippen molar-refractivity contribution in [1.82, 2.24) is 0 Å². The zero-order chi connectivity index (χ0) is 18.1. The van der Waals surface area contributed by atoms with Gasteiger partial charge in [-0.25, -0.2) is 13.2 Å². The van der Waals surface area contributed by atoms with Gasteiger partial charge in [-0.2, -0.15) is 0 Å². The molecule has 0 atom stereocenters. The number of esters is 1. The maximum Gasteiger partial charge on any atom is 0.341 e. The molecule has 6 nitrogen and oxygen atoms in total. The van der Waals surface area contributed by atoms with Crippen molar-refractivity contribution < 1.29 is 22.7 Å². The van der Waals surface area contributed by atoms with Crippen LogP contribution >= 0.6 is 11.3 Å². The Balaban J connectivity index is 2.38. The van der Waals surface area contributed by atoms with Crippen LogP contribution in [0.4, 0.5) is 5.00 Å². The molecule has 1 amide bonds. The van der Waals surface area contributed by atoms with Crippen LogP contribution in [0.5, 0.6) is 0 Å². The number of hydrogen-bond donors (Lipinski definition) is 1. The smallest absolute Gasteiger partial charge is 0.341 e. The minimum absolute atomic E-state index is 0.0573. The van der Waals surface area contributed by atoms with Gasteiger partial charge in [0, 0.05) is 16.7 Å². The summed E-state index contributed by atoms with van der Waals surface area (Å²) in [6.07, 6.45) is 1.07. The molecule has 128 valence electrons. The molecule has 1 N–H and O–H groups in total. The molecular weight excluding hydrogens is 350 g/mol. The van der Waals surface area contributed by atoms with E-state index in [2.05, 4.69) is 5.32 Å². The number of sulfone groups is 1. The monoisotopic (exact) mass is 367 g/mol. The van der Waals surface area contributed by atoms with Crippen LogP contribution in [-0.2, 0) is 14.6 Å². The zero-order valence-electron chi connectivity index (χ0n) is 13.7. The second-order valence-electron chi connectivity index (χ2n) is 5.23. The van der Waals surface area contributed by atoms with Gasteiger partial charge in [0.1, 0.15) is 5.00 Å². The van der Waals surface area contributed by atoms with E-state index in [1.165, 1.54) is 42.7 Å². The highest BCUT2D eigenvalue weighted by Gasteiger charge is 2.22. The molecular formula is C16H17NO5S2. The molecule has 24 heavy (non-hydrogen) atoms. The highest BCUT2D eigenvalue weighted by Crippen LogP contribution is 2.33. The van der Waals surface area contributed by atoms with E-state index in [1.807, 2.05) is 6.92 Å². The third-order valence-electron chi connectivity index (χ3n) is 3.53. The number of nitrogens with one attached hydrogen (secondary N) is 1. The lowest BCUT2D eigenvalue weighted by Crippen LogP contribution is -2.14. The molecule has 0 bridgehead atoms. The maximum atomic E-state index is 12.4. The van der Waals surface area contributed by atoms with Crippen molar-refractivity contribution in [2.24, 2.45) is 0 Å². The Bertz CT molecular complexity index is 913. The number of amides is 1. The SMILES string of the molecule is COC(=O)c1c(NC(=O)c2cccc(S(C)(=O)=O)c2)sc(C)c1C. The van der Waals surface area contributed by atoms with E-state index in [0.717, 1.165) is 16.7 Å². The van der Waals surface area contributed by atoms with Crippen LogP contribution in [0, 0.1) is 13.8 Å². The number of anilines is 1. The number of carbonyl (C=O) groups excluding carboxylic acids is 2. The zero-order valence-corrected chi connectivity index (χ0v) is 15.3. The van der Waals surface area contributed by atoms with Gasteiger partial charge in [-0.1, -0.05) is 6.07 Å². The van der Waals surface area contributed by atoms with Crippen LogP contribution in [0.25, 0.3) is 0 Å². The normalized spacial score (nSPS) is 11.2. The Morgan fingerprint density at radius 1 is 1.21 bits per heavy atom. The minimum Gasteiger partial charge on any atom is -0.465 e. The van der Waals surface area contributed by atoms with Crippen molar-refractivity contribution in [3.63, 3.8) is 0 Å². The summed E-state index contributed by atoms with van der Waals surface area (Å²) in [5.41, 5.74) is 1.25. The largest absolute Gasteiger partial charge is 0.465 e. The average molecular weight is 367 g/mol. The number of thiophene rings is 1. The predicted octanol–water partition coefficient (Wildman–Crippen LogP) is 2.81. The van der Waals surface area contributed by atoms with Gasteiger partial charge in [0.15, 0.2) is 9.84 Å². The Morgan fingerprint density at radius 3 is 2.46 bits per heavy atom. The van der Waals surface area contributed by atoms with Crippen molar-refractivity contribution in [1.29, 1.82) is 0 Å². The molecule has 0 saturated carbocycles. The summed E-state index contributed by atoms with van der Waals surface area (Å²) in [5, 5.41) is 3.05. The molecule has 0 fully saturated rings. The molecule has 0 aliphatic heterocycles. The van der Waals surface area contributed by atoms with E-state index < -0.39 is 21.7 Å². The molecule has 0 saturated heterocycles. The molecule has 2 rings (SSSR count). The van der Waals surface area contributed by atoms with Gasteiger partial charge >= 0.3 is 5.97 Å². The molecule has 1 heterocycles. The Labute approximate surface area is 144 Å². The van der Waals surface area contributed by atoms with Crippen molar-refractivity contribution in [2.45, 2.75) is 18.7 Å². The van der Waals surface area contributed by atoms with E-state index in [0.29, 0.717) is 10.6 Å². The molecule has 0 aliphatic rings. The lowest BCUT2D eigenvalue weighted by molar-refractivity contribution is 0.0601. The summed E-state index contributed by atoms with van der Waals surface area (Å²) >= 11 is 1.27. The second-order valence-corrected chi connectivity index (χ2v) is 8.47. The van der Waals surface area contributed by atoms with Gasteiger partial charge in [0.05, 0.1) is 17.6 Å². The fraction of sp³-hybridized carbons (Fsp3) is 0.250. The van der Waals surface area contributed by atoms with Crippen molar-refractivity contribution in [3.05, 3.63) is 45.8 Å². The number of aryl methyl sites for hydroxylation is 1. The van der Waals surface area contributed by atoms with Gasteiger partial charge in [0.25, 0.3) is 5.91 Å². The van der Waals surface area contributed by atoms with E-state index in [9.17, 15) is 18.0 Å². The highest BCUT2D eigenvalue weighted by atomic mass is 32.2. The first kappa shape index (κ1) is 18.2. The first-order valence-electron chi connectivity index (χ1n) is 6.95. The quantitative estimate of drug-likeness (QED) is 0.839. The van der Waals surface area contributed by atoms with Crippen molar-refractivity contribution in [3.8, 4) is 0 Å². The third-order valence-corrected chi connectivity index (χ3v) is 5.76. The molecule has 0 unspecified atom stereocenters. The number of benzene rings is 1. The van der Waals surface area contributed by atoms with Crippen LogP contribution in [0.15, 0.2) is 29.2 Å². The standard InChI is InChI=1S/C16H17NO5S2/c1-9-10(2)23-15(13(9)16(19)22-3)17-14(18)11-6-5-7-12(8-11)24(4,20)21/h5-8H,1-4H3,(H,17,18). The topological polar surface area (TPSA) is 89.5 Å². The predicted molar refractivity (Wildman–Crippen MR) is 92.6 cm³/mol. The number of methoxy groups -OCH3 is 1. The maximum absolute atomic E-state index is 12.4. The number of carbonyl (C=O) groups is 2. The van der Waals surface area contributed by atoms with Gasteiger partial charge in [0.2, 0.25) is 0 Å². The van der Waals surface area contributed by atoms with Crippen LogP contribution < -0.4 is 5.32 Å². The number of rotatable bonds is 4. The molecule has 1 aromatic carbocycles. The van der Waals surface area contributed by atoms with E-state index in [4.69, 9.17) is 4.74 Å². The molecule has 8 heteroatoms. The fourth-order valence-electron chi connectivity index (χ4n) is 2.11. The fourth-order valence-corrected chi connectivity index (χ4v) is 3.82. The van der Waals surface area contributed by atoms with Crippen molar-refractivity contribution >= 4 is 38.1 Å². The van der Waals surface area contributed by atoms with E-state index >= 15 is 0 Å². The van der Waals surface area contributed by atoms with Crippen molar-refractivity contribution in [2.75, 3.05) is 18.7 Å². The molecule has 0 radical (unpaired) electrons. The summed E-state index contributed by atoms with van der Waals surface area (Å²) in [6, 6.07) is 5.73. The third kappa shape index (κ3) is 3.65. The molecule has 1 aromatic heterocycles. The number of hydrogen-bond acceptors (Lipinski definition) is 6. The summed E-state index contributed by atoms with van der Waals surface area (Å²) in [7, 11) is -2.14. The first-order valence-corrected chi connectivity index (χ1v) is 9.65. The Morgan fingerprint density at radius 2 is 1.88 bits per heavy atom. The Kier molecular flexibility index (Phi) is 5.10. The van der Waals surface area contributed by atoms with Gasteiger partial charge in [-0.05, 0) is 37.6 Å². The van der Waals surface area contributed by atoms with Crippen LogP contribution in [0.1, 0.15) is 31.2 Å². The Hall–Kier alpha value is -2.19. The summed E-state index contributed by atoms with van der Waals surface area (Å²) < 4.78 is 28.0. The lowest BCUT2D eigenvalue weighted by Gasteiger charge is -2.07. The minimum atomic E-state index is -3.41. The average Bonchev–Trinajstić information content (AvgIpc) is 2.80. The summed E-state index contributed by atoms with van der Waals surface area (Å²) in [5.74, 6) is -1.02. The first-order chi connectivity index (χ1) is 11.1. The second kappa shape index (κ2) is 6.74. The van der Waals surface area contributed by atoms with E-state index in [1.54, 1.807) is 6.92 Å². The van der Waals surface area contributed by atoms with Crippen LogP contribution in [0.2, 0.25) is 0 Å². The molecule has 0 aliphatic carbocycles. The van der Waals surface area contributed by atoms with Gasteiger partial charge in [-0.3, -0.25) is 4.79 Å². The van der Waals surface area contributed by atoms with Gasteiger partial charge < -0.3 is 10.1 Å². The lowest BCUT2D eigenvalue weighted by atomic mass is 10.1. The molecule has 2 aromatic rings. The highest BCUT2D eigenvalue weighted by molar-refractivity contribution is 7.90. The molecule has 0 spiro atoms. The van der Waals surface area contributed by atoms with E-state index in [-0.39, 0.29) is 10.5 Å².